The van der Waals surface area contributed by atoms with E-state index in [-0.39, 0.29) is 0 Å². The number of rotatable bonds is 6. The number of nitrogens with zero attached hydrogens (tertiary/aromatic N) is 3. The Morgan fingerprint density at radius 3 is 1.59 bits per heavy atom. The first-order chi connectivity index (χ1) is 16.5. The van der Waals surface area contributed by atoms with E-state index in [0.717, 1.165) is 16.7 Å². The summed E-state index contributed by atoms with van der Waals surface area (Å²) in [5, 5.41) is 25.3. The maximum Gasteiger partial charge on any atom is 0.203 e. The third-order valence-electron chi connectivity index (χ3n) is 4.66. The van der Waals surface area contributed by atoms with Gasteiger partial charge in [-0.15, -0.1) is 0 Å². The van der Waals surface area contributed by atoms with Crippen molar-refractivity contribution in [1.82, 2.24) is 0 Å². The van der Waals surface area contributed by atoms with Gasteiger partial charge < -0.3 is 14.2 Å². The summed E-state index contributed by atoms with van der Waals surface area (Å²) in [6, 6.07) is 27.5. The van der Waals surface area contributed by atoms with Crippen molar-refractivity contribution < 1.29 is 14.2 Å². The van der Waals surface area contributed by atoms with E-state index < -0.39 is 0 Å². The molecule has 0 saturated heterocycles. The maximum absolute atomic E-state index is 8.61. The average Bonchev–Trinajstić information content (AvgIpc) is 2.87. The van der Waals surface area contributed by atoms with Crippen molar-refractivity contribution in [2.45, 2.75) is 26.2 Å². The van der Waals surface area contributed by atoms with Gasteiger partial charge in [-0.05, 0) is 41.3 Å². The topological polar surface area (TPSA) is 99.1 Å². The summed E-state index contributed by atoms with van der Waals surface area (Å²) in [6.45, 7) is 2.02. The van der Waals surface area contributed by atoms with Crippen LogP contribution in [0.1, 0.15) is 22.3 Å². The molecule has 0 spiro atoms. The number of nitriles is 3. The van der Waals surface area contributed by atoms with Gasteiger partial charge in [0.25, 0.3) is 0 Å². The smallest absolute Gasteiger partial charge is 0.203 e. The van der Waals surface area contributed by atoms with E-state index in [2.05, 4.69) is 18.2 Å². The maximum atomic E-state index is 8.61. The Bertz CT molecular complexity index is 1120. The molecule has 174 valence electrons. The molecule has 34 heavy (non-hydrogen) atoms. The lowest BCUT2D eigenvalue weighted by Crippen LogP contribution is -1.96. The molecule has 3 aromatic carbocycles. The summed E-state index contributed by atoms with van der Waals surface area (Å²) >= 11 is 0. The molecule has 0 aromatic heterocycles. The molecular formula is C28H29N3O3. The first kappa shape index (κ1) is 27.6. The zero-order valence-corrected chi connectivity index (χ0v) is 20.0. The molecule has 6 nitrogen and oxygen atoms in total. The lowest BCUT2D eigenvalue weighted by atomic mass is 10.1. The summed E-state index contributed by atoms with van der Waals surface area (Å²) in [7, 11) is 4.64. The number of benzene rings is 3. The minimum atomic E-state index is 0.316. The first-order valence-corrected chi connectivity index (χ1v) is 10.5. The molecular weight excluding hydrogens is 426 g/mol. The molecule has 0 bridgehead atoms. The Balaban J connectivity index is 0.000000266. The first-order valence-electron chi connectivity index (χ1n) is 10.5. The number of hydrogen-bond donors (Lipinski definition) is 0. The van der Waals surface area contributed by atoms with Gasteiger partial charge in [0.15, 0.2) is 11.5 Å². The average molecular weight is 456 g/mol. The molecule has 0 aliphatic carbocycles. The number of hydrogen-bond acceptors (Lipinski definition) is 6. The van der Waals surface area contributed by atoms with Gasteiger partial charge in [0, 0.05) is 0 Å². The standard InChI is InChI=1S/C11H13NO3.C9H9N.C8H7N/c1-13-9-6-8(4-5-12)7-10(14-2)11(9)15-3;1-8-4-2-3-5-9(8)6-7-10;9-7-6-8-4-2-1-3-5-8/h6-7H,4H2,1-3H3;2-5H,6H2,1H3;1-5H,6H2. The fourth-order valence-electron chi connectivity index (χ4n) is 2.91. The minimum Gasteiger partial charge on any atom is -0.493 e. The quantitative estimate of drug-likeness (QED) is 0.480. The Morgan fingerprint density at radius 1 is 0.618 bits per heavy atom. The SMILES string of the molecule is COc1cc(CC#N)cc(OC)c1OC.Cc1ccccc1CC#N.N#CCc1ccccc1. The van der Waals surface area contributed by atoms with E-state index in [9.17, 15) is 0 Å². The summed E-state index contributed by atoms with van der Waals surface area (Å²) in [5.74, 6) is 1.69. The largest absolute Gasteiger partial charge is 0.493 e. The van der Waals surface area contributed by atoms with Gasteiger partial charge in [0.2, 0.25) is 5.75 Å². The van der Waals surface area contributed by atoms with Crippen LogP contribution in [-0.2, 0) is 19.3 Å². The Morgan fingerprint density at radius 2 is 1.12 bits per heavy atom. The van der Waals surface area contributed by atoms with Crippen molar-refractivity contribution in [2.24, 2.45) is 0 Å². The van der Waals surface area contributed by atoms with Crippen LogP contribution in [0.3, 0.4) is 0 Å². The number of ether oxygens (including phenoxy) is 3. The van der Waals surface area contributed by atoms with Crippen LogP contribution < -0.4 is 14.2 Å². The van der Waals surface area contributed by atoms with E-state index >= 15 is 0 Å². The van der Waals surface area contributed by atoms with E-state index in [0.29, 0.717) is 36.5 Å². The third-order valence-corrected chi connectivity index (χ3v) is 4.66. The third kappa shape index (κ3) is 9.35. The van der Waals surface area contributed by atoms with Crippen LogP contribution in [0.15, 0.2) is 66.7 Å². The van der Waals surface area contributed by atoms with Crippen molar-refractivity contribution in [3.05, 3.63) is 89.0 Å². The van der Waals surface area contributed by atoms with Crippen LogP contribution in [0.25, 0.3) is 0 Å². The zero-order valence-electron chi connectivity index (χ0n) is 20.0. The molecule has 0 heterocycles. The van der Waals surface area contributed by atoms with E-state index in [1.165, 1.54) is 5.56 Å². The van der Waals surface area contributed by atoms with E-state index in [1.54, 1.807) is 33.5 Å². The van der Waals surface area contributed by atoms with Crippen LogP contribution >= 0.6 is 0 Å². The number of methoxy groups -OCH3 is 3. The van der Waals surface area contributed by atoms with Crippen LogP contribution in [0.4, 0.5) is 0 Å². The monoisotopic (exact) mass is 455 g/mol. The van der Waals surface area contributed by atoms with Gasteiger partial charge in [-0.3, -0.25) is 0 Å². The molecule has 0 atom stereocenters. The Labute approximate surface area is 202 Å². The highest BCUT2D eigenvalue weighted by Crippen LogP contribution is 2.38. The zero-order chi connectivity index (χ0) is 25.2. The van der Waals surface area contributed by atoms with Crippen LogP contribution in [-0.4, -0.2) is 21.3 Å². The fraction of sp³-hybridized carbons (Fsp3) is 0.250. The van der Waals surface area contributed by atoms with Crippen molar-refractivity contribution in [3.63, 3.8) is 0 Å². The normalized spacial score (nSPS) is 8.85. The molecule has 3 aromatic rings. The summed E-state index contributed by atoms with van der Waals surface area (Å²) in [5.41, 5.74) is 4.25. The summed E-state index contributed by atoms with van der Waals surface area (Å²) in [4.78, 5) is 0. The van der Waals surface area contributed by atoms with Gasteiger partial charge in [-0.25, -0.2) is 0 Å². The Kier molecular flexibility index (Phi) is 13.1. The van der Waals surface area contributed by atoms with Crippen LogP contribution in [0.5, 0.6) is 17.2 Å². The predicted octanol–water partition coefficient (Wildman–Crippen LogP) is 5.59. The second-order valence-electron chi connectivity index (χ2n) is 6.95. The highest BCUT2D eigenvalue weighted by atomic mass is 16.5. The predicted molar refractivity (Wildman–Crippen MR) is 132 cm³/mol. The van der Waals surface area contributed by atoms with Crippen molar-refractivity contribution >= 4 is 0 Å². The molecule has 0 saturated carbocycles. The second kappa shape index (κ2) is 16.2. The molecule has 6 heteroatoms. The van der Waals surface area contributed by atoms with Gasteiger partial charge >= 0.3 is 0 Å². The van der Waals surface area contributed by atoms with Gasteiger partial charge in [-0.2, -0.15) is 15.8 Å². The van der Waals surface area contributed by atoms with Gasteiger partial charge in [-0.1, -0.05) is 54.6 Å². The van der Waals surface area contributed by atoms with Crippen LogP contribution in [0.2, 0.25) is 0 Å². The minimum absolute atomic E-state index is 0.316. The Hall–Kier alpha value is -4.47. The van der Waals surface area contributed by atoms with Crippen LogP contribution in [0, 0.1) is 40.9 Å². The van der Waals surface area contributed by atoms with Crippen molar-refractivity contribution in [3.8, 4) is 35.5 Å². The van der Waals surface area contributed by atoms with E-state index in [4.69, 9.17) is 30.0 Å². The highest BCUT2D eigenvalue weighted by molar-refractivity contribution is 5.54. The molecule has 0 aliphatic heterocycles. The number of aryl methyl sites for hydroxylation is 1. The lowest BCUT2D eigenvalue weighted by molar-refractivity contribution is 0.324. The second-order valence-corrected chi connectivity index (χ2v) is 6.95. The molecule has 0 radical (unpaired) electrons. The van der Waals surface area contributed by atoms with Gasteiger partial charge in [0.05, 0.1) is 58.8 Å². The molecule has 0 fully saturated rings. The fourth-order valence-corrected chi connectivity index (χ4v) is 2.91. The summed E-state index contributed by atoms with van der Waals surface area (Å²) < 4.78 is 15.5. The van der Waals surface area contributed by atoms with Crippen molar-refractivity contribution in [2.75, 3.05) is 21.3 Å². The van der Waals surface area contributed by atoms with Gasteiger partial charge in [0.1, 0.15) is 0 Å². The molecule has 0 aliphatic rings. The summed E-state index contributed by atoms with van der Waals surface area (Å²) in [6.07, 6.45) is 1.35. The van der Waals surface area contributed by atoms with Crippen molar-refractivity contribution in [1.29, 1.82) is 15.8 Å². The molecule has 3 rings (SSSR count). The molecule has 0 unspecified atom stereocenters. The highest BCUT2D eigenvalue weighted by Gasteiger charge is 2.12. The molecule has 0 N–H and O–H groups in total. The van der Waals surface area contributed by atoms with E-state index in [1.807, 2.05) is 61.5 Å². The lowest BCUT2D eigenvalue weighted by Gasteiger charge is -2.12. The molecule has 0 amide bonds.